The number of amides is 2. The maximum Gasteiger partial charge on any atom is 0.287 e. The lowest BCUT2D eigenvalue weighted by Gasteiger charge is -2.20. The highest BCUT2D eigenvalue weighted by Gasteiger charge is 2.15. The molecule has 0 saturated heterocycles. The number of aryl methyl sites for hydroxylation is 1. The van der Waals surface area contributed by atoms with Crippen LogP contribution in [0.2, 0.25) is 0 Å². The number of nitrogens with one attached hydrogen (secondary N) is 2. The number of nitrogens with zero attached hydrogens (tertiary/aromatic N) is 3. The van der Waals surface area contributed by atoms with Crippen molar-refractivity contribution in [1.29, 1.82) is 0 Å². The fourth-order valence-corrected chi connectivity index (χ4v) is 4.18. The smallest absolute Gasteiger partial charge is 0.287 e. The third-order valence-corrected chi connectivity index (χ3v) is 6.16. The van der Waals surface area contributed by atoms with Gasteiger partial charge in [-0.1, -0.05) is 48.5 Å². The summed E-state index contributed by atoms with van der Waals surface area (Å²) in [5, 5.41) is 7.95. The van der Waals surface area contributed by atoms with Crippen LogP contribution in [-0.4, -0.2) is 35.7 Å². The van der Waals surface area contributed by atoms with Gasteiger partial charge in [-0.05, 0) is 55.8 Å². The van der Waals surface area contributed by atoms with Gasteiger partial charge in [0.1, 0.15) is 5.70 Å². The molecule has 4 aromatic rings. The van der Waals surface area contributed by atoms with Crippen LogP contribution in [0.15, 0.2) is 95.9 Å². The maximum atomic E-state index is 13.1. The first-order valence-corrected chi connectivity index (χ1v) is 12.3. The molecule has 1 aromatic heterocycles. The minimum atomic E-state index is -0.520. The molecule has 0 unspecified atom stereocenters. The molecular weight excluding hydrogens is 462 g/mol. The Bertz CT molecular complexity index is 1430. The molecule has 2 amide bonds. The SMILES string of the molecule is CCN(CC)c1ccc(/C=C(/NC(=O)c2ccccc2)C(=O)N/N=C/c2cn(C)c3ccccc23)cc1. The quantitative estimate of drug-likeness (QED) is 0.197. The molecule has 0 bridgehead atoms. The number of rotatable bonds is 9. The summed E-state index contributed by atoms with van der Waals surface area (Å²) in [6.07, 6.45) is 5.21. The first-order valence-electron chi connectivity index (χ1n) is 12.3. The highest BCUT2D eigenvalue weighted by molar-refractivity contribution is 6.06. The van der Waals surface area contributed by atoms with Gasteiger partial charge < -0.3 is 14.8 Å². The van der Waals surface area contributed by atoms with Crippen molar-refractivity contribution in [3.63, 3.8) is 0 Å². The van der Waals surface area contributed by atoms with E-state index in [4.69, 9.17) is 0 Å². The van der Waals surface area contributed by atoms with Crippen molar-refractivity contribution in [2.45, 2.75) is 13.8 Å². The molecule has 0 spiro atoms. The van der Waals surface area contributed by atoms with Gasteiger partial charge in [0, 0.05) is 54.1 Å². The van der Waals surface area contributed by atoms with Gasteiger partial charge in [-0.25, -0.2) is 5.43 Å². The van der Waals surface area contributed by atoms with Gasteiger partial charge in [-0.15, -0.1) is 0 Å². The van der Waals surface area contributed by atoms with E-state index in [9.17, 15) is 9.59 Å². The summed E-state index contributed by atoms with van der Waals surface area (Å²) < 4.78 is 2.01. The van der Waals surface area contributed by atoms with Crippen molar-refractivity contribution in [2.75, 3.05) is 18.0 Å². The molecule has 0 atom stereocenters. The highest BCUT2D eigenvalue weighted by atomic mass is 16.2. The molecule has 3 aromatic carbocycles. The van der Waals surface area contributed by atoms with E-state index in [0.717, 1.165) is 40.8 Å². The number of fused-ring (bicyclic) bond motifs is 1. The van der Waals surface area contributed by atoms with E-state index >= 15 is 0 Å². The van der Waals surface area contributed by atoms with Gasteiger partial charge in [-0.2, -0.15) is 5.10 Å². The first kappa shape index (κ1) is 25.4. The number of aromatic nitrogens is 1. The topological polar surface area (TPSA) is 78.7 Å². The minimum Gasteiger partial charge on any atom is -0.372 e. The van der Waals surface area contributed by atoms with Crippen LogP contribution in [0.25, 0.3) is 17.0 Å². The van der Waals surface area contributed by atoms with Crippen LogP contribution in [0.4, 0.5) is 5.69 Å². The van der Waals surface area contributed by atoms with Gasteiger partial charge >= 0.3 is 0 Å². The summed E-state index contributed by atoms with van der Waals surface area (Å²) in [7, 11) is 1.96. The Morgan fingerprint density at radius 1 is 0.919 bits per heavy atom. The van der Waals surface area contributed by atoms with Crippen molar-refractivity contribution in [3.8, 4) is 0 Å². The van der Waals surface area contributed by atoms with E-state index in [-0.39, 0.29) is 11.6 Å². The Balaban J connectivity index is 1.57. The normalized spacial score (nSPS) is 11.6. The Morgan fingerprint density at radius 2 is 1.59 bits per heavy atom. The lowest BCUT2D eigenvalue weighted by atomic mass is 10.1. The number of carbonyl (C=O) groups excluding carboxylic acids is 2. The molecule has 7 heteroatoms. The second-order valence-corrected chi connectivity index (χ2v) is 8.55. The Morgan fingerprint density at radius 3 is 2.30 bits per heavy atom. The van der Waals surface area contributed by atoms with Crippen molar-refractivity contribution >= 4 is 40.7 Å². The van der Waals surface area contributed by atoms with Gasteiger partial charge in [0.25, 0.3) is 11.8 Å². The molecule has 2 N–H and O–H groups in total. The van der Waals surface area contributed by atoms with E-state index in [2.05, 4.69) is 34.6 Å². The number of para-hydroxylation sites is 1. The molecule has 7 nitrogen and oxygen atoms in total. The van der Waals surface area contributed by atoms with E-state index in [1.807, 2.05) is 72.4 Å². The number of hydrogen-bond acceptors (Lipinski definition) is 4. The molecule has 37 heavy (non-hydrogen) atoms. The van der Waals surface area contributed by atoms with Gasteiger partial charge in [0.05, 0.1) is 6.21 Å². The standard InChI is InChI=1S/C30H31N5O2/c1-4-35(5-2)25-17-15-22(16-18-25)19-27(32-29(36)23-11-7-6-8-12-23)30(37)33-31-20-24-21-34(3)28-14-10-9-13-26(24)28/h6-21H,4-5H2,1-3H3,(H,32,36)(H,33,37)/b27-19+,31-20+. The van der Waals surface area contributed by atoms with Gasteiger partial charge in [0.2, 0.25) is 0 Å². The van der Waals surface area contributed by atoms with Crippen molar-refractivity contribution in [1.82, 2.24) is 15.3 Å². The minimum absolute atomic E-state index is 0.0968. The molecule has 4 rings (SSSR count). The number of benzene rings is 3. The molecule has 0 saturated carbocycles. The highest BCUT2D eigenvalue weighted by Crippen LogP contribution is 2.19. The first-order chi connectivity index (χ1) is 18.0. The van der Waals surface area contributed by atoms with Crippen LogP contribution in [0.5, 0.6) is 0 Å². The van der Waals surface area contributed by atoms with Crippen molar-refractivity contribution in [3.05, 3.63) is 107 Å². The molecule has 0 radical (unpaired) electrons. The van der Waals surface area contributed by atoms with Crippen LogP contribution >= 0.6 is 0 Å². The summed E-state index contributed by atoms with van der Waals surface area (Å²) in [6, 6.07) is 24.6. The molecule has 0 aliphatic heterocycles. The monoisotopic (exact) mass is 493 g/mol. The zero-order valence-electron chi connectivity index (χ0n) is 21.3. The number of carbonyl (C=O) groups is 2. The summed E-state index contributed by atoms with van der Waals surface area (Å²) in [6.45, 7) is 6.03. The lowest BCUT2D eigenvalue weighted by Crippen LogP contribution is -2.32. The third kappa shape index (κ3) is 6.13. The maximum absolute atomic E-state index is 13.1. The summed E-state index contributed by atoms with van der Waals surface area (Å²) >= 11 is 0. The van der Waals surface area contributed by atoms with Crippen LogP contribution in [-0.2, 0) is 11.8 Å². The van der Waals surface area contributed by atoms with E-state index in [0.29, 0.717) is 5.56 Å². The van der Waals surface area contributed by atoms with Crippen LogP contribution in [0.3, 0.4) is 0 Å². The Labute approximate surface area is 217 Å². The van der Waals surface area contributed by atoms with Gasteiger partial charge in [-0.3, -0.25) is 9.59 Å². The lowest BCUT2D eigenvalue weighted by molar-refractivity contribution is -0.117. The fraction of sp³-hybridized carbons (Fsp3) is 0.167. The Hall–Kier alpha value is -4.65. The molecule has 188 valence electrons. The summed E-state index contributed by atoms with van der Waals surface area (Å²) in [5.74, 6) is -0.895. The zero-order valence-corrected chi connectivity index (χ0v) is 21.3. The summed E-state index contributed by atoms with van der Waals surface area (Å²) in [4.78, 5) is 28.2. The number of hydrogen-bond donors (Lipinski definition) is 2. The van der Waals surface area contributed by atoms with Crippen LogP contribution in [0.1, 0.15) is 35.3 Å². The number of hydrazone groups is 1. The molecular formula is C30H31N5O2. The van der Waals surface area contributed by atoms with Crippen molar-refractivity contribution in [2.24, 2.45) is 12.1 Å². The largest absolute Gasteiger partial charge is 0.372 e. The second-order valence-electron chi connectivity index (χ2n) is 8.55. The van der Waals surface area contributed by atoms with E-state index < -0.39 is 5.91 Å². The summed E-state index contributed by atoms with van der Waals surface area (Å²) in [5.41, 5.74) is 6.94. The van der Waals surface area contributed by atoms with E-state index in [1.165, 1.54) is 0 Å². The Kier molecular flexibility index (Phi) is 8.15. The predicted molar refractivity (Wildman–Crippen MR) is 151 cm³/mol. The molecule has 0 aliphatic carbocycles. The third-order valence-electron chi connectivity index (χ3n) is 6.16. The van der Waals surface area contributed by atoms with E-state index in [1.54, 1.807) is 36.6 Å². The van der Waals surface area contributed by atoms with Gasteiger partial charge in [0.15, 0.2) is 0 Å². The number of anilines is 1. The molecule has 1 heterocycles. The fourth-order valence-electron chi connectivity index (χ4n) is 4.18. The van der Waals surface area contributed by atoms with Crippen LogP contribution < -0.4 is 15.6 Å². The molecule has 0 fully saturated rings. The molecule has 0 aliphatic rings. The predicted octanol–water partition coefficient (Wildman–Crippen LogP) is 4.95. The van der Waals surface area contributed by atoms with Crippen LogP contribution in [0, 0.1) is 0 Å². The second kappa shape index (κ2) is 11.9. The average molecular weight is 494 g/mol. The zero-order chi connectivity index (χ0) is 26.2. The average Bonchev–Trinajstić information content (AvgIpc) is 3.25. The van der Waals surface area contributed by atoms with Crippen molar-refractivity contribution < 1.29 is 9.59 Å².